The van der Waals surface area contributed by atoms with Gasteiger partial charge in [0.05, 0.1) is 25.3 Å². The Morgan fingerprint density at radius 2 is 2.03 bits per heavy atom. The van der Waals surface area contributed by atoms with Gasteiger partial charge in [-0.25, -0.2) is 4.39 Å². The topological polar surface area (TPSA) is 62.2 Å². The number of thiophene rings is 1. The molecule has 8 heteroatoms. The second-order valence-corrected chi connectivity index (χ2v) is 10.2. The Hall–Kier alpha value is -2.00. The van der Waals surface area contributed by atoms with Crippen molar-refractivity contribution in [2.75, 3.05) is 46.0 Å². The third-order valence-corrected chi connectivity index (χ3v) is 6.76. The molecule has 1 aliphatic rings. The van der Waals surface area contributed by atoms with Gasteiger partial charge in [-0.05, 0) is 66.6 Å². The minimum absolute atomic E-state index is 0.0216. The van der Waals surface area contributed by atoms with E-state index in [0.29, 0.717) is 38.0 Å². The van der Waals surface area contributed by atoms with Crippen molar-refractivity contribution in [1.82, 2.24) is 9.80 Å². The smallest absolute Gasteiger partial charge is 0.237 e. The highest BCUT2D eigenvalue weighted by Gasteiger charge is 2.33. The standard InChI is InChI=1S/C26H37FN2O4S/c1-4-11-28(14-21(30)17-32-16-19(2)3)15-26(31)29-12-9-25-23(10-13-34-25)24(29)18-33-22-7-5-20(27)6-8-22/h5-8,10,13,19,21,24,30H,4,9,11-12,14-18H2,1-3H3/t21-,24+/m1/s1. The van der Waals surface area contributed by atoms with Crippen molar-refractivity contribution in [3.05, 3.63) is 52.0 Å². The lowest BCUT2D eigenvalue weighted by atomic mass is 10.0. The zero-order chi connectivity index (χ0) is 24.5. The number of carbonyl (C=O) groups is 1. The number of hydrogen-bond donors (Lipinski definition) is 1. The molecule has 0 aliphatic carbocycles. The second-order valence-electron chi connectivity index (χ2n) is 9.24. The first-order valence-corrected chi connectivity index (χ1v) is 13.0. The summed E-state index contributed by atoms with van der Waals surface area (Å²) in [5, 5.41) is 12.5. The number of aliphatic hydroxyl groups is 1. The Labute approximate surface area is 206 Å². The minimum atomic E-state index is -0.638. The molecule has 34 heavy (non-hydrogen) atoms. The van der Waals surface area contributed by atoms with E-state index in [-0.39, 0.29) is 30.9 Å². The molecule has 0 saturated heterocycles. The second kappa shape index (κ2) is 13.2. The number of hydrogen-bond acceptors (Lipinski definition) is 6. The molecule has 0 fully saturated rings. The zero-order valence-corrected chi connectivity index (χ0v) is 21.2. The Bertz CT molecular complexity index is 889. The van der Waals surface area contributed by atoms with E-state index in [9.17, 15) is 14.3 Å². The number of fused-ring (bicyclic) bond motifs is 1. The first kappa shape index (κ1) is 26.6. The van der Waals surface area contributed by atoms with E-state index in [1.54, 1.807) is 23.5 Å². The molecular formula is C26H37FN2O4S. The predicted molar refractivity (Wildman–Crippen MR) is 133 cm³/mol. The number of halogens is 1. The summed E-state index contributed by atoms with van der Waals surface area (Å²) in [5.41, 5.74) is 1.12. The average Bonchev–Trinajstić information content (AvgIpc) is 3.27. The summed E-state index contributed by atoms with van der Waals surface area (Å²) >= 11 is 1.71. The van der Waals surface area contributed by atoms with Crippen LogP contribution in [0.2, 0.25) is 0 Å². The van der Waals surface area contributed by atoms with Crippen LogP contribution < -0.4 is 4.74 Å². The lowest BCUT2D eigenvalue weighted by Crippen LogP contribution is -2.48. The molecule has 188 valence electrons. The summed E-state index contributed by atoms with van der Waals surface area (Å²) in [6.07, 6.45) is 1.07. The number of rotatable bonds is 13. The Morgan fingerprint density at radius 1 is 1.26 bits per heavy atom. The lowest BCUT2D eigenvalue weighted by molar-refractivity contribution is -0.136. The number of carbonyl (C=O) groups excluding carboxylic acids is 1. The van der Waals surface area contributed by atoms with Crippen LogP contribution in [0.4, 0.5) is 4.39 Å². The highest BCUT2D eigenvalue weighted by Crippen LogP contribution is 2.34. The molecule has 2 atom stereocenters. The van der Waals surface area contributed by atoms with E-state index < -0.39 is 6.10 Å². The highest BCUT2D eigenvalue weighted by atomic mass is 32.1. The van der Waals surface area contributed by atoms with Crippen LogP contribution in [0.15, 0.2) is 35.7 Å². The third kappa shape index (κ3) is 7.77. The molecule has 1 aromatic heterocycles. The van der Waals surface area contributed by atoms with Crippen molar-refractivity contribution in [2.45, 2.75) is 45.8 Å². The van der Waals surface area contributed by atoms with E-state index in [1.807, 2.05) is 9.80 Å². The van der Waals surface area contributed by atoms with Crippen LogP contribution in [0.3, 0.4) is 0 Å². The summed E-state index contributed by atoms with van der Waals surface area (Å²) in [4.78, 5) is 18.6. The van der Waals surface area contributed by atoms with E-state index >= 15 is 0 Å². The fraction of sp³-hybridized carbons (Fsp3) is 0.577. The van der Waals surface area contributed by atoms with Gasteiger partial charge in [0.2, 0.25) is 5.91 Å². The molecule has 1 aromatic carbocycles. The van der Waals surface area contributed by atoms with Crippen LogP contribution in [-0.4, -0.2) is 72.9 Å². The SMILES string of the molecule is CCCN(CC(=O)N1CCc2sccc2[C@@H]1COc1ccc(F)cc1)C[C@@H](O)COCC(C)C. The van der Waals surface area contributed by atoms with Crippen molar-refractivity contribution in [2.24, 2.45) is 5.92 Å². The summed E-state index contributed by atoms with van der Waals surface area (Å²) in [6, 6.07) is 7.81. The fourth-order valence-corrected chi connectivity index (χ4v) is 5.13. The lowest BCUT2D eigenvalue weighted by Gasteiger charge is -2.37. The molecule has 2 aromatic rings. The van der Waals surface area contributed by atoms with Crippen LogP contribution in [0, 0.1) is 11.7 Å². The Balaban J connectivity index is 1.64. The molecule has 0 radical (unpaired) electrons. The Kier molecular flexibility index (Phi) is 10.3. The first-order valence-electron chi connectivity index (χ1n) is 12.1. The van der Waals surface area contributed by atoms with Gasteiger partial charge in [-0.2, -0.15) is 0 Å². The molecule has 1 N–H and O–H groups in total. The van der Waals surface area contributed by atoms with Gasteiger partial charge >= 0.3 is 0 Å². The van der Waals surface area contributed by atoms with Crippen molar-refractivity contribution in [3.63, 3.8) is 0 Å². The molecule has 0 saturated carbocycles. The number of amides is 1. The number of nitrogens with zero attached hydrogens (tertiary/aromatic N) is 2. The van der Waals surface area contributed by atoms with Gasteiger partial charge in [-0.15, -0.1) is 11.3 Å². The largest absolute Gasteiger partial charge is 0.491 e. The van der Waals surface area contributed by atoms with E-state index in [4.69, 9.17) is 9.47 Å². The normalized spacial score (nSPS) is 16.7. The summed E-state index contributed by atoms with van der Waals surface area (Å²) in [6.45, 7) is 9.37. The van der Waals surface area contributed by atoms with E-state index in [2.05, 4.69) is 32.2 Å². The van der Waals surface area contributed by atoms with Crippen molar-refractivity contribution in [1.29, 1.82) is 0 Å². The van der Waals surface area contributed by atoms with Crippen molar-refractivity contribution < 1.29 is 23.8 Å². The molecule has 6 nitrogen and oxygen atoms in total. The molecule has 2 heterocycles. The Morgan fingerprint density at radius 3 is 2.74 bits per heavy atom. The van der Waals surface area contributed by atoms with Gasteiger partial charge in [-0.1, -0.05) is 20.8 Å². The predicted octanol–water partition coefficient (Wildman–Crippen LogP) is 4.14. The summed E-state index contributed by atoms with van der Waals surface area (Å²) in [7, 11) is 0. The molecule has 3 rings (SSSR count). The van der Waals surface area contributed by atoms with Crippen LogP contribution in [0.1, 0.15) is 43.7 Å². The van der Waals surface area contributed by atoms with Crippen LogP contribution in [0.25, 0.3) is 0 Å². The summed E-state index contributed by atoms with van der Waals surface area (Å²) in [5.74, 6) is 0.701. The monoisotopic (exact) mass is 492 g/mol. The molecule has 0 unspecified atom stereocenters. The van der Waals surface area contributed by atoms with Gasteiger partial charge < -0.3 is 19.5 Å². The minimum Gasteiger partial charge on any atom is -0.491 e. The first-order chi connectivity index (χ1) is 16.4. The third-order valence-electron chi connectivity index (χ3n) is 5.77. The molecule has 0 bridgehead atoms. The molecule has 1 aliphatic heterocycles. The van der Waals surface area contributed by atoms with Gasteiger partial charge in [-0.3, -0.25) is 9.69 Å². The van der Waals surface area contributed by atoms with Gasteiger partial charge in [0.1, 0.15) is 18.2 Å². The van der Waals surface area contributed by atoms with E-state index in [0.717, 1.165) is 24.9 Å². The van der Waals surface area contributed by atoms with Gasteiger partial charge in [0.15, 0.2) is 0 Å². The van der Waals surface area contributed by atoms with Gasteiger partial charge in [0.25, 0.3) is 0 Å². The number of aliphatic hydroxyl groups excluding tert-OH is 1. The van der Waals surface area contributed by atoms with E-state index in [1.165, 1.54) is 17.0 Å². The van der Waals surface area contributed by atoms with Crippen molar-refractivity contribution >= 4 is 17.2 Å². The maximum absolute atomic E-state index is 13.4. The quantitative estimate of drug-likeness (QED) is 0.455. The van der Waals surface area contributed by atoms with Gasteiger partial charge in [0, 0.05) is 24.6 Å². The van der Waals surface area contributed by atoms with Crippen molar-refractivity contribution in [3.8, 4) is 5.75 Å². The fourth-order valence-electron chi connectivity index (χ4n) is 4.20. The average molecular weight is 493 g/mol. The molecule has 0 spiro atoms. The number of benzene rings is 1. The highest BCUT2D eigenvalue weighted by molar-refractivity contribution is 7.10. The molecule has 1 amide bonds. The number of ether oxygens (including phenoxy) is 2. The maximum Gasteiger partial charge on any atom is 0.237 e. The van der Waals surface area contributed by atoms with Crippen LogP contribution in [0.5, 0.6) is 5.75 Å². The van der Waals surface area contributed by atoms with Crippen LogP contribution >= 0.6 is 11.3 Å². The van der Waals surface area contributed by atoms with Crippen LogP contribution in [-0.2, 0) is 16.0 Å². The zero-order valence-electron chi connectivity index (χ0n) is 20.4. The maximum atomic E-state index is 13.4. The summed E-state index contributed by atoms with van der Waals surface area (Å²) < 4.78 is 24.8. The molecular weight excluding hydrogens is 455 g/mol.